The molecule has 0 spiro atoms. The average molecular weight is 114 g/mol. The molecule has 0 aliphatic heterocycles. The summed E-state index contributed by atoms with van der Waals surface area (Å²) >= 11 is 0. The van der Waals surface area contributed by atoms with Crippen LogP contribution in [0.5, 0.6) is 0 Å². The van der Waals surface area contributed by atoms with Gasteiger partial charge in [0.2, 0.25) is 0 Å². The van der Waals surface area contributed by atoms with Gasteiger partial charge < -0.3 is 11.5 Å². The van der Waals surface area contributed by atoms with Crippen LogP contribution < -0.4 is 11.5 Å². The maximum absolute atomic E-state index is 5.48. The third-order valence-electron chi connectivity index (χ3n) is 1.03. The van der Waals surface area contributed by atoms with Crippen molar-refractivity contribution in [1.82, 2.24) is 0 Å². The smallest absolute Gasteiger partial charge is 0.0268 e. The first-order valence-corrected chi connectivity index (χ1v) is 2.89. The van der Waals surface area contributed by atoms with E-state index in [2.05, 4.69) is 6.92 Å². The Morgan fingerprint density at radius 3 is 2.00 bits per heavy atom. The molecule has 0 atom stereocenters. The van der Waals surface area contributed by atoms with E-state index in [1.54, 1.807) is 0 Å². The first-order chi connectivity index (χ1) is 3.68. The number of nitrogens with two attached hydrogens (primary N) is 2. The minimum Gasteiger partial charge on any atom is -0.401 e. The Labute approximate surface area is 50.6 Å². The lowest BCUT2D eigenvalue weighted by Gasteiger charge is -1.98. The summed E-state index contributed by atoms with van der Waals surface area (Å²) in [4.78, 5) is 0. The van der Waals surface area contributed by atoms with Crippen LogP contribution in [0.3, 0.4) is 0 Å². The summed E-state index contributed by atoms with van der Waals surface area (Å²) in [6, 6.07) is 0. The van der Waals surface area contributed by atoms with Crippen molar-refractivity contribution in [3.63, 3.8) is 0 Å². The second kappa shape index (κ2) is 3.36. The van der Waals surface area contributed by atoms with Gasteiger partial charge in [-0.25, -0.2) is 0 Å². The molecule has 0 heterocycles. The van der Waals surface area contributed by atoms with Gasteiger partial charge in [0.25, 0.3) is 0 Å². The molecular formula is C6H14N2. The summed E-state index contributed by atoms with van der Waals surface area (Å²) < 4.78 is 0. The van der Waals surface area contributed by atoms with Gasteiger partial charge >= 0.3 is 0 Å². The topological polar surface area (TPSA) is 52.0 Å². The van der Waals surface area contributed by atoms with Crippen LogP contribution in [0.2, 0.25) is 0 Å². The second-order valence-electron chi connectivity index (χ2n) is 1.96. The first-order valence-electron chi connectivity index (χ1n) is 2.89. The van der Waals surface area contributed by atoms with Crippen LogP contribution >= 0.6 is 0 Å². The number of allylic oxidation sites excluding steroid dienone is 2. The largest absolute Gasteiger partial charge is 0.401 e. The predicted molar refractivity (Wildman–Crippen MR) is 36.0 cm³/mol. The SMILES string of the molecule is CCCC(N)=C(C)N. The molecule has 0 radical (unpaired) electrons. The molecule has 0 aliphatic carbocycles. The highest BCUT2D eigenvalue weighted by atomic mass is 14.7. The molecule has 0 aromatic heterocycles. The molecule has 0 aliphatic rings. The molecule has 8 heavy (non-hydrogen) atoms. The van der Waals surface area contributed by atoms with Crippen LogP contribution in [-0.4, -0.2) is 0 Å². The third kappa shape index (κ3) is 2.50. The Morgan fingerprint density at radius 1 is 1.38 bits per heavy atom. The normalized spacial score (nSPS) is 13.2. The summed E-state index contributed by atoms with van der Waals surface area (Å²) in [5.74, 6) is 0. The van der Waals surface area contributed by atoms with Crippen LogP contribution in [-0.2, 0) is 0 Å². The summed E-state index contributed by atoms with van der Waals surface area (Å²) in [6.07, 6.45) is 1.99. The summed E-state index contributed by atoms with van der Waals surface area (Å²) in [6.45, 7) is 3.90. The lowest BCUT2D eigenvalue weighted by atomic mass is 10.2. The third-order valence-corrected chi connectivity index (χ3v) is 1.03. The van der Waals surface area contributed by atoms with E-state index < -0.39 is 0 Å². The van der Waals surface area contributed by atoms with Gasteiger partial charge in [-0.1, -0.05) is 13.3 Å². The quantitative estimate of drug-likeness (QED) is 0.561. The number of hydrogen-bond acceptors (Lipinski definition) is 2. The fourth-order valence-electron chi connectivity index (χ4n) is 0.467. The summed E-state index contributed by atoms with van der Waals surface area (Å²) in [5, 5.41) is 0. The van der Waals surface area contributed by atoms with Gasteiger partial charge in [0.15, 0.2) is 0 Å². The molecule has 48 valence electrons. The molecule has 0 saturated heterocycles. The molecular weight excluding hydrogens is 100 g/mol. The average Bonchev–Trinajstić information content (AvgIpc) is 1.67. The van der Waals surface area contributed by atoms with Gasteiger partial charge in [-0.2, -0.15) is 0 Å². The zero-order valence-electron chi connectivity index (χ0n) is 5.57. The molecule has 0 unspecified atom stereocenters. The van der Waals surface area contributed by atoms with Crippen molar-refractivity contribution in [3.05, 3.63) is 11.4 Å². The Bertz CT molecular complexity index is 90.7. The molecule has 0 saturated carbocycles. The number of hydrogen-bond donors (Lipinski definition) is 2. The summed E-state index contributed by atoms with van der Waals surface area (Å²) in [7, 11) is 0. The standard InChI is InChI=1S/C6H14N2/c1-3-4-6(8)5(2)7/h3-4,7-8H2,1-2H3. The zero-order chi connectivity index (χ0) is 6.57. The fraction of sp³-hybridized carbons (Fsp3) is 0.667. The van der Waals surface area contributed by atoms with Crippen molar-refractivity contribution in [2.45, 2.75) is 26.7 Å². The zero-order valence-corrected chi connectivity index (χ0v) is 5.57. The van der Waals surface area contributed by atoms with Gasteiger partial charge in [-0.15, -0.1) is 0 Å². The monoisotopic (exact) mass is 114 g/mol. The first kappa shape index (κ1) is 7.34. The molecule has 0 rings (SSSR count). The van der Waals surface area contributed by atoms with Crippen molar-refractivity contribution in [2.75, 3.05) is 0 Å². The van der Waals surface area contributed by atoms with Gasteiger partial charge in [-0.05, 0) is 13.3 Å². The minimum atomic E-state index is 0.756. The van der Waals surface area contributed by atoms with E-state index >= 15 is 0 Å². The summed E-state index contributed by atoms with van der Waals surface area (Å²) in [5.41, 5.74) is 12.4. The second-order valence-corrected chi connectivity index (χ2v) is 1.96. The molecule has 4 N–H and O–H groups in total. The Hall–Kier alpha value is -0.660. The van der Waals surface area contributed by atoms with Crippen LogP contribution in [0.4, 0.5) is 0 Å². The molecule has 0 bridgehead atoms. The molecule has 0 fully saturated rings. The highest BCUT2D eigenvalue weighted by molar-refractivity contribution is 5.03. The maximum atomic E-state index is 5.48. The van der Waals surface area contributed by atoms with Gasteiger partial charge in [-0.3, -0.25) is 0 Å². The van der Waals surface area contributed by atoms with Crippen LogP contribution in [0.25, 0.3) is 0 Å². The van der Waals surface area contributed by atoms with Gasteiger partial charge in [0.1, 0.15) is 0 Å². The Kier molecular flexibility index (Phi) is 3.08. The predicted octanol–water partition coefficient (Wildman–Crippen LogP) is 0.935. The fourth-order valence-corrected chi connectivity index (χ4v) is 0.467. The van der Waals surface area contributed by atoms with E-state index in [1.165, 1.54) is 0 Å². The van der Waals surface area contributed by atoms with Crippen molar-refractivity contribution >= 4 is 0 Å². The minimum absolute atomic E-state index is 0.756. The van der Waals surface area contributed by atoms with Gasteiger partial charge in [0.05, 0.1) is 0 Å². The van der Waals surface area contributed by atoms with E-state index in [4.69, 9.17) is 11.5 Å². The lowest BCUT2D eigenvalue weighted by Crippen LogP contribution is -2.05. The van der Waals surface area contributed by atoms with E-state index in [1.807, 2.05) is 6.92 Å². The lowest BCUT2D eigenvalue weighted by molar-refractivity contribution is 0.873. The molecule has 2 nitrogen and oxygen atoms in total. The van der Waals surface area contributed by atoms with Gasteiger partial charge in [0, 0.05) is 11.4 Å². The molecule has 0 aromatic carbocycles. The maximum Gasteiger partial charge on any atom is 0.0268 e. The molecule has 2 heteroatoms. The van der Waals surface area contributed by atoms with Crippen LogP contribution in [0.1, 0.15) is 26.7 Å². The van der Waals surface area contributed by atoms with Crippen LogP contribution in [0, 0.1) is 0 Å². The van der Waals surface area contributed by atoms with E-state index in [0.29, 0.717) is 0 Å². The van der Waals surface area contributed by atoms with Crippen molar-refractivity contribution in [1.29, 1.82) is 0 Å². The van der Waals surface area contributed by atoms with E-state index in [9.17, 15) is 0 Å². The number of rotatable bonds is 2. The highest BCUT2D eigenvalue weighted by Crippen LogP contribution is 1.98. The van der Waals surface area contributed by atoms with Crippen molar-refractivity contribution < 1.29 is 0 Å². The van der Waals surface area contributed by atoms with Crippen molar-refractivity contribution in [3.8, 4) is 0 Å². The molecule has 0 aromatic rings. The van der Waals surface area contributed by atoms with E-state index in [-0.39, 0.29) is 0 Å². The van der Waals surface area contributed by atoms with E-state index in [0.717, 1.165) is 24.2 Å². The van der Waals surface area contributed by atoms with Crippen LogP contribution in [0.15, 0.2) is 11.4 Å². The van der Waals surface area contributed by atoms with Crippen molar-refractivity contribution in [2.24, 2.45) is 11.5 Å². The Morgan fingerprint density at radius 2 is 1.88 bits per heavy atom. The molecule has 0 amide bonds. The highest BCUT2D eigenvalue weighted by Gasteiger charge is 1.88. The Balaban J connectivity index is 3.62.